The molecule has 0 unspecified atom stereocenters. The Hall–Kier alpha value is -3.33. The highest BCUT2D eigenvalue weighted by Gasteiger charge is 2.30. The van der Waals surface area contributed by atoms with Crippen molar-refractivity contribution in [2.24, 2.45) is 0 Å². The standard InChI is InChI=1S/C24H26ClFN6O2/c1-6-18(33)30-9-10-31(15(5)12-30)22-16-11-17(26)21(25)28-23(16)32(24(34)29-22)20-14(4)7-8-27-19(20)13(2)3/h6-8,11,13,15H,1,9-10,12H2,2-5H3/t15-/m0/s1. The van der Waals surface area contributed by atoms with Crippen LogP contribution in [0.3, 0.4) is 0 Å². The third-order valence-corrected chi connectivity index (χ3v) is 6.33. The van der Waals surface area contributed by atoms with Gasteiger partial charge in [-0.3, -0.25) is 9.78 Å². The van der Waals surface area contributed by atoms with E-state index in [1.54, 1.807) is 17.2 Å². The average molecular weight is 485 g/mol. The fourth-order valence-corrected chi connectivity index (χ4v) is 4.53. The van der Waals surface area contributed by atoms with Crippen LogP contribution in [0.1, 0.15) is 37.9 Å². The molecule has 34 heavy (non-hydrogen) atoms. The van der Waals surface area contributed by atoms with Gasteiger partial charge in [0.15, 0.2) is 16.6 Å². The first kappa shape index (κ1) is 23.8. The predicted octanol–water partition coefficient (Wildman–Crippen LogP) is 3.62. The third-order valence-electron chi connectivity index (χ3n) is 6.07. The second-order valence-corrected chi connectivity index (χ2v) is 9.09. The Kier molecular flexibility index (Phi) is 6.40. The van der Waals surface area contributed by atoms with Crippen LogP contribution >= 0.6 is 11.6 Å². The van der Waals surface area contributed by atoms with Crippen molar-refractivity contribution in [3.8, 4) is 5.69 Å². The summed E-state index contributed by atoms with van der Waals surface area (Å²) in [6.45, 7) is 12.5. The Morgan fingerprint density at radius 2 is 2.06 bits per heavy atom. The number of pyridine rings is 2. The highest BCUT2D eigenvalue weighted by Crippen LogP contribution is 2.31. The molecule has 1 fully saturated rings. The van der Waals surface area contributed by atoms with Gasteiger partial charge in [0.25, 0.3) is 0 Å². The Balaban J connectivity index is 1.96. The largest absolute Gasteiger partial charge is 0.355 e. The molecule has 1 aliphatic rings. The number of nitrogens with zero attached hydrogens (tertiary/aromatic N) is 6. The Bertz CT molecular complexity index is 1360. The lowest BCUT2D eigenvalue weighted by molar-refractivity contribution is -0.126. The number of halogens is 2. The molecule has 0 bridgehead atoms. The van der Waals surface area contributed by atoms with Gasteiger partial charge in [0.1, 0.15) is 5.82 Å². The Morgan fingerprint density at radius 3 is 2.71 bits per heavy atom. The molecule has 3 aromatic rings. The highest BCUT2D eigenvalue weighted by atomic mass is 35.5. The zero-order chi connectivity index (χ0) is 24.7. The van der Waals surface area contributed by atoms with E-state index in [2.05, 4.69) is 21.5 Å². The number of aromatic nitrogens is 4. The fraction of sp³-hybridized carbons (Fsp3) is 0.375. The lowest BCUT2D eigenvalue weighted by Crippen LogP contribution is -2.54. The van der Waals surface area contributed by atoms with E-state index in [4.69, 9.17) is 11.6 Å². The van der Waals surface area contributed by atoms with Crippen LogP contribution in [0.4, 0.5) is 10.2 Å². The molecule has 8 nitrogen and oxygen atoms in total. The zero-order valence-electron chi connectivity index (χ0n) is 19.5. The monoisotopic (exact) mass is 484 g/mol. The van der Waals surface area contributed by atoms with Crippen LogP contribution in [0.2, 0.25) is 5.15 Å². The zero-order valence-corrected chi connectivity index (χ0v) is 20.3. The summed E-state index contributed by atoms with van der Waals surface area (Å²) in [5.74, 6) is -0.539. The maximum absolute atomic E-state index is 14.6. The van der Waals surface area contributed by atoms with E-state index in [9.17, 15) is 14.0 Å². The number of anilines is 1. The van der Waals surface area contributed by atoms with E-state index in [1.165, 1.54) is 16.7 Å². The van der Waals surface area contributed by atoms with Gasteiger partial charge in [-0.15, -0.1) is 0 Å². The number of hydrogen-bond donors (Lipinski definition) is 0. The first-order chi connectivity index (χ1) is 16.1. The molecule has 1 saturated heterocycles. The van der Waals surface area contributed by atoms with Crippen LogP contribution in [0, 0.1) is 12.7 Å². The Morgan fingerprint density at radius 1 is 1.32 bits per heavy atom. The van der Waals surface area contributed by atoms with E-state index >= 15 is 0 Å². The molecule has 3 aromatic heterocycles. The van der Waals surface area contributed by atoms with Crippen molar-refractivity contribution in [2.45, 2.75) is 39.7 Å². The first-order valence-electron chi connectivity index (χ1n) is 11.1. The molecule has 0 saturated carbocycles. The van der Waals surface area contributed by atoms with Crippen LogP contribution in [-0.4, -0.2) is 56.0 Å². The topological polar surface area (TPSA) is 84.2 Å². The summed E-state index contributed by atoms with van der Waals surface area (Å²) >= 11 is 6.07. The summed E-state index contributed by atoms with van der Waals surface area (Å²) in [4.78, 5) is 42.3. The van der Waals surface area contributed by atoms with Gasteiger partial charge in [-0.1, -0.05) is 32.0 Å². The average Bonchev–Trinajstić information content (AvgIpc) is 2.79. The van der Waals surface area contributed by atoms with Crippen LogP contribution in [0.25, 0.3) is 16.7 Å². The molecule has 1 aliphatic heterocycles. The molecule has 4 heterocycles. The number of aryl methyl sites for hydroxylation is 1. The molecule has 1 amide bonds. The highest BCUT2D eigenvalue weighted by molar-refractivity contribution is 6.30. The third kappa shape index (κ3) is 4.04. The van der Waals surface area contributed by atoms with Crippen LogP contribution in [0.15, 0.2) is 35.8 Å². The van der Waals surface area contributed by atoms with Gasteiger partial charge in [0, 0.05) is 31.9 Å². The van der Waals surface area contributed by atoms with Gasteiger partial charge in [0.05, 0.1) is 16.8 Å². The lowest BCUT2D eigenvalue weighted by atomic mass is 10.0. The SMILES string of the molecule is C=CC(=O)N1CCN(c2nc(=O)n(-c3c(C)ccnc3C(C)C)c3nc(Cl)c(F)cc23)[C@@H](C)C1. The van der Waals surface area contributed by atoms with Crippen LogP contribution in [0.5, 0.6) is 0 Å². The summed E-state index contributed by atoms with van der Waals surface area (Å²) in [5.41, 5.74) is 1.72. The molecule has 0 aliphatic carbocycles. The lowest BCUT2D eigenvalue weighted by Gasteiger charge is -2.40. The van der Waals surface area contributed by atoms with Crippen molar-refractivity contribution in [1.29, 1.82) is 0 Å². The fourth-order valence-electron chi connectivity index (χ4n) is 4.39. The molecule has 4 rings (SSSR count). The van der Waals surface area contributed by atoms with Gasteiger partial charge in [-0.2, -0.15) is 4.98 Å². The van der Waals surface area contributed by atoms with Crippen molar-refractivity contribution in [3.63, 3.8) is 0 Å². The van der Waals surface area contributed by atoms with Crippen molar-refractivity contribution in [1.82, 2.24) is 24.4 Å². The second-order valence-electron chi connectivity index (χ2n) is 8.73. The van der Waals surface area contributed by atoms with Crippen LogP contribution < -0.4 is 10.6 Å². The molecular formula is C24H26ClFN6O2. The van der Waals surface area contributed by atoms with E-state index in [0.717, 1.165) is 5.56 Å². The number of hydrogen-bond acceptors (Lipinski definition) is 6. The van der Waals surface area contributed by atoms with E-state index < -0.39 is 11.5 Å². The summed E-state index contributed by atoms with van der Waals surface area (Å²) in [5, 5.41) is 0.0229. The van der Waals surface area contributed by atoms with Gasteiger partial charge in [0.2, 0.25) is 5.91 Å². The predicted molar refractivity (Wildman–Crippen MR) is 130 cm³/mol. The number of piperazine rings is 1. The summed E-state index contributed by atoms with van der Waals surface area (Å²) in [7, 11) is 0. The van der Waals surface area contributed by atoms with E-state index in [0.29, 0.717) is 42.2 Å². The molecular weight excluding hydrogens is 459 g/mol. The number of carbonyl (C=O) groups excluding carboxylic acids is 1. The molecule has 0 aromatic carbocycles. The van der Waals surface area contributed by atoms with E-state index in [1.807, 2.05) is 32.6 Å². The maximum atomic E-state index is 14.6. The summed E-state index contributed by atoms with van der Waals surface area (Å²) in [6, 6.07) is 2.89. The van der Waals surface area contributed by atoms with Crippen molar-refractivity contribution < 1.29 is 9.18 Å². The van der Waals surface area contributed by atoms with Crippen molar-refractivity contribution >= 4 is 34.4 Å². The normalized spacial score (nSPS) is 16.4. The van der Waals surface area contributed by atoms with Gasteiger partial charge >= 0.3 is 5.69 Å². The minimum Gasteiger partial charge on any atom is -0.350 e. The summed E-state index contributed by atoms with van der Waals surface area (Å²) < 4.78 is 16.0. The minimum absolute atomic E-state index is 0.0166. The van der Waals surface area contributed by atoms with E-state index in [-0.39, 0.29) is 28.7 Å². The maximum Gasteiger partial charge on any atom is 0.355 e. The number of fused-ring (bicyclic) bond motifs is 1. The first-order valence-corrected chi connectivity index (χ1v) is 11.4. The molecule has 178 valence electrons. The quantitative estimate of drug-likeness (QED) is 0.415. The molecule has 10 heteroatoms. The van der Waals surface area contributed by atoms with Crippen molar-refractivity contribution in [3.05, 3.63) is 63.7 Å². The minimum atomic E-state index is -0.706. The molecule has 0 N–H and O–H groups in total. The Labute approximate surface area is 201 Å². The number of amides is 1. The number of rotatable bonds is 4. The van der Waals surface area contributed by atoms with Gasteiger partial charge in [-0.05, 0) is 43.5 Å². The van der Waals surface area contributed by atoms with Crippen LogP contribution in [-0.2, 0) is 4.79 Å². The molecule has 0 spiro atoms. The van der Waals surface area contributed by atoms with Gasteiger partial charge in [-0.25, -0.2) is 18.7 Å². The molecule has 0 radical (unpaired) electrons. The number of carbonyl (C=O) groups is 1. The molecule has 1 atom stereocenters. The second kappa shape index (κ2) is 9.13. The summed E-state index contributed by atoms with van der Waals surface area (Å²) in [6.07, 6.45) is 2.97. The van der Waals surface area contributed by atoms with Gasteiger partial charge < -0.3 is 9.80 Å². The smallest absolute Gasteiger partial charge is 0.350 e. The van der Waals surface area contributed by atoms with Crippen molar-refractivity contribution in [2.75, 3.05) is 24.5 Å².